The predicted octanol–water partition coefficient (Wildman–Crippen LogP) is 4.13. The van der Waals surface area contributed by atoms with Crippen molar-refractivity contribution in [3.63, 3.8) is 0 Å². The fraction of sp³-hybridized carbons (Fsp3) is 0.0556. The highest BCUT2D eigenvalue weighted by Crippen LogP contribution is 2.22. The van der Waals surface area contributed by atoms with Crippen LogP contribution < -0.4 is 5.32 Å². The number of amides is 1. The SMILES string of the molecule is N#CC(=Cc1cccc(NC(=O)C(F)(F)F)c1)c1nc2ccccc2[nH]1. The standard InChI is InChI=1S/C18H11F3N4O/c19-18(20,21)17(26)23-13-5-3-4-11(9-13)8-12(10-22)16-24-14-6-1-2-7-15(14)25-16/h1-9H,(H,23,26)(H,24,25). The number of hydrogen-bond acceptors (Lipinski definition) is 3. The summed E-state index contributed by atoms with van der Waals surface area (Å²) in [5.41, 5.74) is 2.08. The van der Waals surface area contributed by atoms with Gasteiger partial charge in [0.2, 0.25) is 0 Å². The van der Waals surface area contributed by atoms with Gasteiger partial charge in [-0.15, -0.1) is 0 Å². The molecule has 5 nitrogen and oxygen atoms in total. The number of rotatable bonds is 3. The molecule has 2 aromatic carbocycles. The lowest BCUT2D eigenvalue weighted by molar-refractivity contribution is -0.167. The minimum Gasteiger partial charge on any atom is -0.337 e. The first-order chi connectivity index (χ1) is 12.4. The van der Waals surface area contributed by atoms with Crippen molar-refractivity contribution in [2.45, 2.75) is 6.18 Å². The van der Waals surface area contributed by atoms with Crippen molar-refractivity contribution in [2.75, 3.05) is 5.32 Å². The van der Waals surface area contributed by atoms with Crippen LogP contribution in [0.3, 0.4) is 0 Å². The fourth-order valence-electron chi connectivity index (χ4n) is 2.31. The molecule has 0 saturated heterocycles. The molecule has 3 rings (SSSR count). The van der Waals surface area contributed by atoms with E-state index in [-0.39, 0.29) is 11.3 Å². The summed E-state index contributed by atoms with van der Waals surface area (Å²) in [4.78, 5) is 18.4. The monoisotopic (exact) mass is 356 g/mol. The highest BCUT2D eigenvalue weighted by atomic mass is 19.4. The Bertz CT molecular complexity index is 1010. The zero-order chi connectivity index (χ0) is 18.7. The summed E-state index contributed by atoms with van der Waals surface area (Å²) in [6.45, 7) is 0. The zero-order valence-corrected chi connectivity index (χ0v) is 13.1. The average molecular weight is 356 g/mol. The van der Waals surface area contributed by atoms with E-state index in [0.29, 0.717) is 16.9 Å². The molecule has 0 aliphatic rings. The summed E-state index contributed by atoms with van der Waals surface area (Å²) >= 11 is 0. The molecule has 0 atom stereocenters. The second kappa shape index (κ2) is 6.72. The number of hydrogen-bond donors (Lipinski definition) is 2. The van der Waals surface area contributed by atoms with Gasteiger partial charge in [0, 0.05) is 5.69 Å². The number of aromatic nitrogens is 2. The quantitative estimate of drug-likeness (QED) is 0.693. The molecule has 0 aliphatic carbocycles. The number of para-hydroxylation sites is 2. The minimum atomic E-state index is -4.97. The first-order valence-electron chi connectivity index (χ1n) is 7.42. The molecule has 1 amide bonds. The van der Waals surface area contributed by atoms with E-state index < -0.39 is 12.1 Å². The van der Waals surface area contributed by atoms with Gasteiger partial charge in [0.1, 0.15) is 11.9 Å². The van der Waals surface area contributed by atoms with Crippen LogP contribution in [0.1, 0.15) is 11.4 Å². The number of benzene rings is 2. The van der Waals surface area contributed by atoms with Gasteiger partial charge in [-0.25, -0.2) is 4.98 Å². The number of carbonyl (C=O) groups excluding carboxylic acids is 1. The maximum Gasteiger partial charge on any atom is 0.471 e. The number of nitrogens with zero attached hydrogens (tertiary/aromatic N) is 2. The van der Waals surface area contributed by atoms with Gasteiger partial charge in [-0.2, -0.15) is 18.4 Å². The Morgan fingerprint density at radius 3 is 2.65 bits per heavy atom. The summed E-state index contributed by atoms with van der Waals surface area (Å²) in [5.74, 6) is -1.71. The molecule has 0 aliphatic heterocycles. The number of H-pyrrole nitrogens is 1. The average Bonchev–Trinajstić information content (AvgIpc) is 3.03. The van der Waals surface area contributed by atoms with Gasteiger partial charge in [-0.1, -0.05) is 24.3 Å². The van der Waals surface area contributed by atoms with E-state index in [2.05, 4.69) is 9.97 Å². The van der Waals surface area contributed by atoms with E-state index in [4.69, 9.17) is 0 Å². The molecule has 1 aromatic heterocycles. The van der Waals surface area contributed by atoms with Crippen LogP contribution in [0.4, 0.5) is 18.9 Å². The van der Waals surface area contributed by atoms with Crippen LogP contribution in [0, 0.1) is 11.3 Å². The Labute approximate surface area is 145 Å². The van der Waals surface area contributed by atoms with Gasteiger partial charge in [0.15, 0.2) is 0 Å². The maximum absolute atomic E-state index is 12.3. The van der Waals surface area contributed by atoms with E-state index in [1.54, 1.807) is 17.4 Å². The lowest BCUT2D eigenvalue weighted by atomic mass is 10.1. The highest BCUT2D eigenvalue weighted by molar-refractivity contribution is 5.96. The van der Waals surface area contributed by atoms with Crippen LogP contribution in [-0.2, 0) is 4.79 Å². The number of nitrogens with one attached hydrogen (secondary N) is 2. The van der Waals surface area contributed by atoms with Gasteiger partial charge < -0.3 is 10.3 Å². The molecule has 0 bridgehead atoms. The first-order valence-corrected chi connectivity index (χ1v) is 7.42. The lowest BCUT2D eigenvalue weighted by Crippen LogP contribution is -2.29. The van der Waals surface area contributed by atoms with Crippen LogP contribution in [0.5, 0.6) is 0 Å². The first kappa shape index (κ1) is 17.2. The largest absolute Gasteiger partial charge is 0.471 e. The van der Waals surface area contributed by atoms with Crippen molar-refractivity contribution < 1.29 is 18.0 Å². The molecule has 1 heterocycles. The molecule has 26 heavy (non-hydrogen) atoms. The van der Waals surface area contributed by atoms with Gasteiger partial charge in [0.25, 0.3) is 0 Å². The van der Waals surface area contributed by atoms with Crippen LogP contribution in [-0.4, -0.2) is 22.1 Å². The van der Waals surface area contributed by atoms with Crippen molar-refractivity contribution in [2.24, 2.45) is 0 Å². The number of allylic oxidation sites excluding steroid dienone is 1. The van der Waals surface area contributed by atoms with E-state index in [0.717, 1.165) is 5.52 Å². The van der Waals surface area contributed by atoms with Gasteiger partial charge in [-0.3, -0.25) is 4.79 Å². The molecule has 0 radical (unpaired) electrons. The molecule has 0 fully saturated rings. The molecule has 0 saturated carbocycles. The Morgan fingerprint density at radius 2 is 1.96 bits per heavy atom. The van der Waals surface area contributed by atoms with E-state index in [9.17, 15) is 23.2 Å². The summed E-state index contributed by atoms with van der Waals surface area (Å²) in [6, 6.07) is 15.0. The lowest BCUT2D eigenvalue weighted by Gasteiger charge is -2.08. The number of halogens is 3. The van der Waals surface area contributed by atoms with Crippen molar-refractivity contribution in [3.05, 3.63) is 59.9 Å². The number of carbonyl (C=O) groups is 1. The van der Waals surface area contributed by atoms with Crippen molar-refractivity contribution in [1.82, 2.24) is 9.97 Å². The Morgan fingerprint density at radius 1 is 1.19 bits per heavy atom. The Balaban J connectivity index is 1.91. The molecular formula is C18H11F3N4O. The molecule has 2 N–H and O–H groups in total. The van der Waals surface area contributed by atoms with E-state index in [1.165, 1.54) is 24.3 Å². The summed E-state index contributed by atoms with van der Waals surface area (Å²) in [5, 5.41) is 11.2. The number of fused-ring (bicyclic) bond motifs is 1. The molecule has 0 spiro atoms. The van der Waals surface area contributed by atoms with Crippen LogP contribution >= 0.6 is 0 Å². The minimum absolute atomic E-state index is 0.0250. The molecule has 0 unspecified atom stereocenters. The third-order valence-corrected chi connectivity index (χ3v) is 3.48. The zero-order valence-electron chi connectivity index (χ0n) is 13.1. The third-order valence-electron chi connectivity index (χ3n) is 3.48. The normalized spacial score (nSPS) is 12.0. The van der Waals surface area contributed by atoms with Gasteiger partial charge in [-0.05, 0) is 35.9 Å². The maximum atomic E-state index is 12.3. The summed E-state index contributed by atoms with van der Waals surface area (Å²) < 4.78 is 37.0. The Hall–Kier alpha value is -3.60. The fourth-order valence-corrected chi connectivity index (χ4v) is 2.31. The second-order valence-electron chi connectivity index (χ2n) is 5.35. The topological polar surface area (TPSA) is 81.6 Å². The smallest absolute Gasteiger partial charge is 0.337 e. The summed E-state index contributed by atoms with van der Waals surface area (Å²) in [7, 11) is 0. The van der Waals surface area contributed by atoms with Crippen molar-refractivity contribution in [3.8, 4) is 6.07 Å². The number of anilines is 1. The van der Waals surface area contributed by atoms with Gasteiger partial charge in [0.05, 0.1) is 16.6 Å². The third kappa shape index (κ3) is 3.72. The van der Waals surface area contributed by atoms with Crippen LogP contribution in [0.25, 0.3) is 22.7 Å². The molecule has 130 valence electrons. The predicted molar refractivity (Wildman–Crippen MR) is 90.7 cm³/mol. The van der Waals surface area contributed by atoms with Crippen molar-refractivity contribution >= 4 is 34.3 Å². The second-order valence-corrected chi connectivity index (χ2v) is 5.35. The number of imidazole rings is 1. The van der Waals surface area contributed by atoms with E-state index >= 15 is 0 Å². The molecular weight excluding hydrogens is 345 g/mol. The van der Waals surface area contributed by atoms with Crippen molar-refractivity contribution in [1.29, 1.82) is 5.26 Å². The molecule has 8 heteroatoms. The number of alkyl halides is 3. The number of nitriles is 1. The number of aromatic amines is 1. The van der Waals surface area contributed by atoms with E-state index in [1.807, 2.05) is 24.3 Å². The van der Waals surface area contributed by atoms with Gasteiger partial charge >= 0.3 is 12.1 Å². The van der Waals surface area contributed by atoms with Crippen LogP contribution in [0.2, 0.25) is 0 Å². The van der Waals surface area contributed by atoms with Crippen LogP contribution in [0.15, 0.2) is 48.5 Å². The highest BCUT2D eigenvalue weighted by Gasteiger charge is 2.38. The molecule has 3 aromatic rings. The Kier molecular flexibility index (Phi) is 4.45. The summed E-state index contributed by atoms with van der Waals surface area (Å²) in [6.07, 6.45) is -3.50.